The molecular formula is C11H20N2. The maximum atomic E-state index is 3.75. The third-order valence-electron chi connectivity index (χ3n) is 3.35. The lowest BCUT2D eigenvalue weighted by molar-refractivity contribution is 0.310. The van der Waals surface area contributed by atoms with Crippen molar-refractivity contribution in [1.29, 1.82) is 0 Å². The molecule has 2 saturated heterocycles. The summed E-state index contributed by atoms with van der Waals surface area (Å²) in [5.41, 5.74) is 0. The second-order valence-corrected chi connectivity index (χ2v) is 4.37. The van der Waals surface area contributed by atoms with E-state index in [9.17, 15) is 0 Å². The molecule has 2 unspecified atom stereocenters. The zero-order valence-electron chi connectivity index (χ0n) is 8.34. The number of likely N-dealkylation sites (tertiary alicyclic amines) is 1. The van der Waals surface area contributed by atoms with Crippen LogP contribution in [0.3, 0.4) is 0 Å². The first-order valence-corrected chi connectivity index (χ1v) is 5.44. The smallest absolute Gasteiger partial charge is 0.00255 e. The van der Waals surface area contributed by atoms with Crippen molar-refractivity contribution in [1.82, 2.24) is 10.2 Å². The van der Waals surface area contributed by atoms with Crippen molar-refractivity contribution in [3.63, 3.8) is 0 Å². The van der Waals surface area contributed by atoms with Crippen molar-refractivity contribution in [3.05, 3.63) is 12.7 Å². The van der Waals surface area contributed by atoms with Gasteiger partial charge in [0.05, 0.1) is 0 Å². The molecule has 2 aliphatic heterocycles. The van der Waals surface area contributed by atoms with Gasteiger partial charge in [0.2, 0.25) is 0 Å². The molecule has 0 aliphatic carbocycles. The van der Waals surface area contributed by atoms with Gasteiger partial charge in [-0.05, 0) is 44.3 Å². The molecular weight excluding hydrogens is 160 g/mol. The highest BCUT2D eigenvalue weighted by molar-refractivity contribution is 4.91. The predicted octanol–water partition coefficient (Wildman–Crippen LogP) is 1.10. The Bertz CT molecular complexity index is 167. The molecule has 0 aromatic rings. The minimum atomic E-state index is 0.948. The van der Waals surface area contributed by atoms with E-state index >= 15 is 0 Å². The number of unbranched alkanes of at least 4 members (excludes halogenated alkanes) is 1. The summed E-state index contributed by atoms with van der Waals surface area (Å²) in [6, 6.07) is 0. The Hall–Kier alpha value is -0.340. The van der Waals surface area contributed by atoms with Gasteiger partial charge in [-0.15, -0.1) is 6.58 Å². The van der Waals surface area contributed by atoms with Crippen molar-refractivity contribution in [3.8, 4) is 0 Å². The van der Waals surface area contributed by atoms with Crippen LogP contribution in [0.15, 0.2) is 12.7 Å². The summed E-state index contributed by atoms with van der Waals surface area (Å²) < 4.78 is 0. The highest BCUT2D eigenvalue weighted by Crippen LogP contribution is 2.26. The Morgan fingerprint density at radius 3 is 2.62 bits per heavy atom. The summed E-state index contributed by atoms with van der Waals surface area (Å²) in [7, 11) is 0. The van der Waals surface area contributed by atoms with Crippen molar-refractivity contribution in [2.24, 2.45) is 11.8 Å². The van der Waals surface area contributed by atoms with Crippen molar-refractivity contribution in [2.45, 2.75) is 12.8 Å². The number of hydrogen-bond donors (Lipinski definition) is 1. The van der Waals surface area contributed by atoms with Crippen LogP contribution in [0.4, 0.5) is 0 Å². The van der Waals surface area contributed by atoms with Gasteiger partial charge in [0.1, 0.15) is 0 Å². The quantitative estimate of drug-likeness (QED) is 0.515. The predicted molar refractivity (Wildman–Crippen MR) is 55.7 cm³/mol. The standard InChI is InChI=1S/C11H20N2/c1-2-3-4-5-13-8-10-6-12-7-11(10)9-13/h2,10-12H,1,3-9H2. The van der Waals surface area contributed by atoms with Gasteiger partial charge in [0.15, 0.2) is 0 Å². The van der Waals surface area contributed by atoms with E-state index < -0.39 is 0 Å². The molecule has 2 rings (SSSR count). The first-order valence-electron chi connectivity index (χ1n) is 5.44. The Morgan fingerprint density at radius 1 is 1.31 bits per heavy atom. The molecule has 2 nitrogen and oxygen atoms in total. The van der Waals surface area contributed by atoms with E-state index in [4.69, 9.17) is 0 Å². The van der Waals surface area contributed by atoms with Gasteiger partial charge in [-0.3, -0.25) is 0 Å². The summed E-state index contributed by atoms with van der Waals surface area (Å²) in [5, 5.41) is 3.47. The molecule has 2 aliphatic rings. The van der Waals surface area contributed by atoms with Gasteiger partial charge in [-0.25, -0.2) is 0 Å². The average Bonchev–Trinajstić information content (AvgIpc) is 2.64. The Morgan fingerprint density at radius 2 is 2.00 bits per heavy atom. The number of allylic oxidation sites excluding steroid dienone is 1. The molecule has 1 N–H and O–H groups in total. The van der Waals surface area contributed by atoms with E-state index in [2.05, 4.69) is 16.8 Å². The fourth-order valence-corrected chi connectivity index (χ4v) is 2.59. The Balaban J connectivity index is 1.69. The second kappa shape index (κ2) is 4.25. The Labute approximate surface area is 81.0 Å². The van der Waals surface area contributed by atoms with Crippen LogP contribution in [-0.2, 0) is 0 Å². The van der Waals surface area contributed by atoms with Gasteiger partial charge < -0.3 is 10.2 Å². The van der Waals surface area contributed by atoms with Gasteiger partial charge >= 0.3 is 0 Å². The van der Waals surface area contributed by atoms with Crippen LogP contribution < -0.4 is 5.32 Å². The van der Waals surface area contributed by atoms with Crippen molar-refractivity contribution < 1.29 is 0 Å². The van der Waals surface area contributed by atoms with E-state index in [0.717, 1.165) is 11.8 Å². The maximum absolute atomic E-state index is 3.75. The molecule has 74 valence electrons. The second-order valence-electron chi connectivity index (χ2n) is 4.37. The maximum Gasteiger partial charge on any atom is 0.00255 e. The molecule has 0 amide bonds. The van der Waals surface area contributed by atoms with Gasteiger partial charge in [0, 0.05) is 13.1 Å². The van der Waals surface area contributed by atoms with Gasteiger partial charge in [-0.1, -0.05) is 6.08 Å². The summed E-state index contributed by atoms with van der Waals surface area (Å²) in [4.78, 5) is 2.62. The molecule has 2 atom stereocenters. The fourth-order valence-electron chi connectivity index (χ4n) is 2.59. The largest absolute Gasteiger partial charge is 0.316 e. The summed E-state index contributed by atoms with van der Waals surface area (Å²) >= 11 is 0. The van der Waals surface area contributed by atoms with E-state index in [-0.39, 0.29) is 0 Å². The van der Waals surface area contributed by atoms with Crippen LogP contribution in [0.2, 0.25) is 0 Å². The molecule has 2 heteroatoms. The molecule has 0 aromatic heterocycles. The molecule has 2 fully saturated rings. The van der Waals surface area contributed by atoms with E-state index in [0.29, 0.717) is 0 Å². The molecule has 0 aromatic carbocycles. The SMILES string of the molecule is C=CCCCN1CC2CNCC2C1. The van der Waals surface area contributed by atoms with Crippen LogP contribution >= 0.6 is 0 Å². The van der Waals surface area contributed by atoms with Crippen LogP contribution in [0.5, 0.6) is 0 Å². The molecule has 13 heavy (non-hydrogen) atoms. The third kappa shape index (κ3) is 2.12. The summed E-state index contributed by atoms with van der Waals surface area (Å²) in [5.74, 6) is 1.90. The number of rotatable bonds is 4. The van der Waals surface area contributed by atoms with Crippen LogP contribution in [0, 0.1) is 11.8 Å². The highest BCUT2D eigenvalue weighted by atomic mass is 15.2. The monoisotopic (exact) mass is 180 g/mol. The fraction of sp³-hybridized carbons (Fsp3) is 0.818. The number of hydrogen-bond acceptors (Lipinski definition) is 2. The summed E-state index contributed by atoms with van der Waals surface area (Å²) in [6.45, 7) is 10.2. The molecule has 0 bridgehead atoms. The zero-order chi connectivity index (χ0) is 9.10. The highest BCUT2D eigenvalue weighted by Gasteiger charge is 2.35. The van der Waals surface area contributed by atoms with Gasteiger partial charge in [0.25, 0.3) is 0 Å². The Kier molecular flexibility index (Phi) is 3.01. The van der Waals surface area contributed by atoms with E-state index in [1.165, 1.54) is 45.6 Å². The molecule has 0 spiro atoms. The third-order valence-corrected chi connectivity index (χ3v) is 3.35. The van der Waals surface area contributed by atoms with E-state index in [1.807, 2.05) is 6.08 Å². The lowest BCUT2D eigenvalue weighted by Crippen LogP contribution is -2.26. The van der Waals surface area contributed by atoms with Crippen LogP contribution in [-0.4, -0.2) is 37.6 Å². The van der Waals surface area contributed by atoms with Crippen molar-refractivity contribution >= 4 is 0 Å². The number of nitrogens with one attached hydrogen (secondary N) is 1. The van der Waals surface area contributed by atoms with Crippen LogP contribution in [0.1, 0.15) is 12.8 Å². The zero-order valence-corrected chi connectivity index (χ0v) is 8.34. The topological polar surface area (TPSA) is 15.3 Å². The number of nitrogens with zero attached hydrogens (tertiary/aromatic N) is 1. The lowest BCUT2D eigenvalue weighted by atomic mass is 10.0. The van der Waals surface area contributed by atoms with Gasteiger partial charge in [-0.2, -0.15) is 0 Å². The van der Waals surface area contributed by atoms with Crippen LogP contribution in [0.25, 0.3) is 0 Å². The lowest BCUT2D eigenvalue weighted by Gasteiger charge is -2.15. The molecule has 2 heterocycles. The summed E-state index contributed by atoms with van der Waals surface area (Å²) in [6.07, 6.45) is 4.49. The van der Waals surface area contributed by atoms with E-state index in [1.54, 1.807) is 0 Å². The first-order chi connectivity index (χ1) is 6.40. The molecule has 0 saturated carbocycles. The number of fused-ring (bicyclic) bond motifs is 1. The normalized spacial score (nSPS) is 33.5. The average molecular weight is 180 g/mol. The molecule has 0 radical (unpaired) electrons. The minimum absolute atomic E-state index is 0.948. The minimum Gasteiger partial charge on any atom is -0.316 e. The first kappa shape index (κ1) is 9.22. The van der Waals surface area contributed by atoms with Crippen molar-refractivity contribution in [2.75, 3.05) is 32.7 Å².